The number of nitrogen functional groups attached to an aromatic ring is 1. The van der Waals surface area contributed by atoms with E-state index in [4.69, 9.17) is 20.2 Å². The van der Waals surface area contributed by atoms with E-state index >= 15 is 4.39 Å². The minimum absolute atomic E-state index is 0.0608. The minimum Gasteiger partial charge on any atom is -0.478 e. The van der Waals surface area contributed by atoms with Crippen LogP contribution in [0.15, 0.2) is 61.4 Å². The Morgan fingerprint density at radius 1 is 1.16 bits per heavy atom. The number of anilines is 1. The molecule has 0 radical (unpaired) electrons. The smallest absolute Gasteiger partial charge is 0.257 e. The van der Waals surface area contributed by atoms with Gasteiger partial charge in [-0.3, -0.25) is 9.69 Å². The first-order valence-electron chi connectivity index (χ1n) is 14.0. The van der Waals surface area contributed by atoms with Gasteiger partial charge in [-0.15, -0.1) is 0 Å². The summed E-state index contributed by atoms with van der Waals surface area (Å²) in [5.41, 5.74) is 6.83. The summed E-state index contributed by atoms with van der Waals surface area (Å²) in [7, 11) is 3.32. The molecule has 2 fully saturated rings. The Balaban J connectivity index is 1.29. The van der Waals surface area contributed by atoms with Crippen molar-refractivity contribution in [1.29, 1.82) is 0 Å². The highest BCUT2D eigenvalue weighted by atomic mass is 19.1. The molecule has 2 aliphatic rings. The van der Waals surface area contributed by atoms with Gasteiger partial charge in [0, 0.05) is 44.8 Å². The van der Waals surface area contributed by atoms with Gasteiger partial charge in [-0.25, -0.2) is 19.3 Å². The van der Waals surface area contributed by atoms with E-state index in [1.54, 1.807) is 21.6 Å². The van der Waals surface area contributed by atoms with Crippen molar-refractivity contribution >= 4 is 22.8 Å². The lowest BCUT2D eigenvalue weighted by molar-refractivity contribution is -0.128. The number of aryl methyl sites for hydroxylation is 1. The van der Waals surface area contributed by atoms with E-state index in [0.717, 1.165) is 12.8 Å². The van der Waals surface area contributed by atoms with Crippen LogP contribution < -0.4 is 15.2 Å². The molecule has 2 N–H and O–H groups in total. The number of methoxy groups -OCH3 is 1. The largest absolute Gasteiger partial charge is 0.478 e. The predicted molar refractivity (Wildman–Crippen MR) is 161 cm³/mol. The molecule has 0 atom stereocenters. The van der Waals surface area contributed by atoms with Crippen LogP contribution in [0.2, 0.25) is 0 Å². The van der Waals surface area contributed by atoms with E-state index < -0.39 is 5.67 Å². The van der Waals surface area contributed by atoms with Gasteiger partial charge in [-0.05, 0) is 49.1 Å². The van der Waals surface area contributed by atoms with Crippen LogP contribution in [0.1, 0.15) is 18.5 Å². The summed E-state index contributed by atoms with van der Waals surface area (Å²) in [6.45, 7) is 5.26. The van der Waals surface area contributed by atoms with Crippen LogP contribution in [0, 0.1) is 11.8 Å². The maximum atomic E-state index is 15.8. The van der Waals surface area contributed by atoms with Crippen LogP contribution in [0.4, 0.5) is 10.2 Å². The number of halogens is 1. The summed E-state index contributed by atoms with van der Waals surface area (Å²) in [6, 6.07) is 13.1. The van der Waals surface area contributed by atoms with Crippen molar-refractivity contribution in [2.45, 2.75) is 24.6 Å². The first kappa shape index (κ1) is 28.2. The van der Waals surface area contributed by atoms with Crippen molar-refractivity contribution in [2.24, 2.45) is 7.05 Å². The third-order valence-corrected chi connectivity index (χ3v) is 8.02. The van der Waals surface area contributed by atoms with Crippen LogP contribution in [0.5, 0.6) is 17.4 Å². The Bertz CT molecular complexity index is 1750. The first-order chi connectivity index (χ1) is 20.8. The Labute approximate surface area is 248 Å². The molecule has 10 nitrogen and oxygen atoms in total. The van der Waals surface area contributed by atoms with Crippen LogP contribution in [-0.2, 0) is 11.8 Å². The molecule has 2 aliphatic heterocycles. The third-order valence-electron chi connectivity index (χ3n) is 8.02. The number of aromatic nitrogens is 4. The number of carbonyl (C=O) groups excluding carboxylic acids is 1. The zero-order valence-electron chi connectivity index (χ0n) is 24.1. The second kappa shape index (κ2) is 11.4. The highest BCUT2D eigenvalue weighted by Gasteiger charge is 2.45. The highest BCUT2D eigenvalue weighted by Crippen LogP contribution is 2.39. The number of para-hydroxylation sites is 1. The first-order valence-corrected chi connectivity index (χ1v) is 14.0. The number of nitrogens with zero attached hydrogens (tertiary/aromatic N) is 6. The van der Waals surface area contributed by atoms with Crippen molar-refractivity contribution in [3.8, 4) is 40.5 Å². The summed E-state index contributed by atoms with van der Waals surface area (Å²) in [5, 5.41) is 0.574. The minimum atomic E-state index is -1.67. The van der Waals surface area contributed by atoms with Crippen molar-refractivity contribution in [3.05, 3.63) is 67.1 Å². The molecular formula is C32H32FN7O3. The van der Waals surface area contributed by atoms with E-state index in [1.807, 2.05) is 37.4 Å². The van der Waals surface area contributed by atoms with E-state index in [2.05, 4.69) is 33.3 Å². The second-order valence-electron chi connectivity index (χ2n) is 10.7. The molecule has 3 aromatic heterocycles. The topological polar surface area (TPSA) is 112 Å². The molecule has 0 aliphatic carbocycles. The normalized spacial score (nSPS) is 16.7. The molecule has 6 rings (SSSR count). The SMILES string of the molecule is C=CC(=O)N1CCC(N2CC(F)(C#Cc3c(-c4ccc(Oc5ccccc5)c(OC)n4)c4c(N)ncnc4n3C)C2)CC1. The van der Waals surface area contributed by atoms with Gasteiger partial charge < -0.3 is 24.7 Å². The van der Waals surface area contributed by atoms with Crippen molar-refractivity contribution in [1.82, 2.24) is 29.3 Å². The quantitative estimate of drug-likeness (QED) is 0.269. The number of amides is 1. The molecule has 220 valence electrons. The van der Waals surface area contributed by atoms with Crippen molar-refractivity contribution in [3.63, 3.8) is 0 Å². The lowest BCUT2D eigenvalue weighted by Gasteiger charge is -2.48. The second-order valence-corrected chi connectivity index (χ2v) is 10.7. The Morgan fingerprint density at radius 2 is 1.91 bits per heavy atom. The average Bonchev–Trinajstić information content (AvgIpc) is 3.31. The highest BCUT2D eigenvalue weighted by molar-refractivity contribution is 6.02. The molecule has 0 spiro atoms. The molecule has 4 aromatic rings. The number of alkyl halides is 1. The third kappa shape index (κ3) is 5.37. The van der Waals surface area contributed by atoms with Gasteiger partial charge in [0.25, 0.3) is 5.88 Å². The molecule has 11 heteroatoms. The molecule has 1 amide bonds. The Hall–Kier alpha value is -4.95. The number of pyridine rings is 1. The molecule has 0 saturated carbocycles. The molecule has 0 bridgehead atoms. The van der Waals surface area contributed by atoms with Gasteiger partial charge in [0.2, 0.25) is 5.91 Å². The standard InChI is InChI=1S/C32H32FN7O3/c1-4-26(41)39-16-13-21(14-17-39)40-18-32(33,19-40)15-12-24-27(28-29(34)35-20-36-30(28)38(24)2)23-10-11-25(31(37-23)42-3)43-22-8-6-5-7-9-22/h4-11,20-21H,1,13-14,16-19H2,2-3H3,(H2,34,35,36). The van der Waals surface area contributed by atoms with Gasteiger partial charge in [0.1, 0.15) is 29.2 Å². The maximum absolute atomic E-state index is 15.8. The van der Waals surface area contributed by atoms with Gasteiger partial charge in [0.15, 0.2) is 11.4 Å². The Morgan fingerprint density at radius 3 is 2.60 bits per heavy atom. The number of fused-ring (bicyclic) bond motifs is 1. The fourth-order valence-electron chi connectivity index (χ4n) is 5.76. The molecule has 2 saturated heterocycles. The zero-order chi connectivity index (χ0) is 30.1. The maximum Gasteiger partial charge on any atom is 0.257 e. The zero-order valence-corrected chi connectivity index (χ0v) is 24.1. The molecular weight excluding hydrogens is 549 g/mol. The van der Waals surface area contributed by atoms with Crippen LogP contribution in [0.25, 0.3) is 22.3 Å². The fourth-order valence-corrected chi connectivity index (χ4v) is 5.76. The number of likely N-dealkylation sites (tertiary alicyclic amines) is 2. The number of piperidine rings is 1. The lowest BCUT2D eigenvalue weighted by Crippen LogP contribution is -2.63. The van der Waals surface area contributed by atoms with E-state index in [1.165, 1.54) is 19.5 Å². The van der Waals surface area contributed by atoms with Crippen LogP contribution in [-0.4, -0.2) is 80.2 Å². The predicted octanol–water partition coefficient (Wildman–Crippen LogP) is 3.97. The summed E-state index contributed by atoms with van der Waals surface area (Å²) in [6.07, 6.45) is 4.32. The van der Waals surface area contributed by atoms with E-state index in [9.17, 15) is 4.79 Å². The lowest BCUT2D eigenvalue weighted by atomic mass is 9.91. The molecule has 0 unspecified atom stereocenters. The number of rotatable bonds is 6. The molecule has 43 heavy (non-hydrogen) atoms. The number of nitrogens with two attached hydrogens (primary N) is 1. The number of carbonyl (C=O) groups is 1. The van der Waals surface area contributed by atoms with Gasteiger partial charge >= 0.3 is 0 Å². The van der Waals surface area contributed by atoms with Gasteiger partial charge in [0.05, 0.1) is 18.2 Å². The summed E-state index contributed by atoms with van der Waals surface area (Å²) in [5.74, 6) is 7.54. The van der Waals surface area contributed by atoms with Crippen molar-refractivity contribution < 1.29 is 18.7 Å². The number of ether oxygens (including phenoxy) is 2. The van der Waals surface area contributed by atoms with Crippen LogP contribution >= 0.6 is 0 Å². The van der Waals surface area contributed by atoms with Crippen LogP contribution in [0.3, 0.4) is 0 Å². The molecule has 1 aromatic carbocycles. The summed E-state index contributed by atoms with van der Waals surface area (Å²) in [4.78, 5) is 29.1. The fraction of sp³-hybridized carbons (Fsp3) is 0.312. The average molecular weight is 582 g/mol. The monoisotopic (exact) mass is 581 g/mol. The summed E-state index contributed by atoms with van der Waals surface area (Å²) < 4.78 is 29.2. The van der Waals surface area contributed by atoms with E-state index in [-0.39, 0.29) is 36.7 Å². The number of benzene rings is 1. The van der Waals surface area contributed by atoms with Gasteiger partial charge in [-0.2, -0.15) is 0 Å². The van der Waals surface area contributed by atoms with Crippen molar-refractivity contribution in [2.75, 3.05) is 39.0 Å². The number of hydrogen-bond donors (Lipinski definition) is 1. The number of hydrogen-bond acceptors (Lipinski definition) is 8. The Kier molecular flexibility index (Phi) is 7.46. The summed E-state index contributed by atoms with van der Waals surface area (Å²) >= 11 is 0. The van der Waals surface area contributed by atoms with E-state index in [0.29, 0.717) is 52.6 Å². The van der Waals surface area contributed by atoms with Gasteiger partial charge in [-0.1, -0.05) is 30.7 Å². The molecule has 5 heterocycles.